The maximum atomic E-state index is 12.2. The second-order valence-electron chi connectivity index (χ2n) is 5.99. The number of rotatable bonds is 4. The average molecular weight is 328 g/mol. The summed E-state index contributed by atoms with van der Waals surface area (Å²) in [5.41, 5.74) is 1.13. The quantitative estimate of drug-likeness (QED) is 0.804. The minimum absolute atomic E-state index is 0.110. The average Bonchev–Trinajstić information content (AvgIpc) is 3.12. The number of amides is 2. The Morgan fingerprint density at radius 2 is 1.71 bits per heavy atom. The summed E-state index contributed by atoms with van der Waals surface area (Å²) in [4.78, 5) is 24.1. The lowest BCUT2D eigenvalue weighted by atomic mass is 9.93. The normalized spacial score (nSPS) is 20.4. The molecule has 126 valence electrons. The van der Waals surface area contributed by atoms with Gasteiger partial charge in [0.05, 0.1) is 12.4 Å². The van der Waals surface area contributed by atoms with Crippen molar-refractivity contribution in [3.05, 3.63) is 54.0 Å². The first kappa shape index (κ1) is 16.3. The van der Waals surface area contributed by atoms with E-state index in [2.05, 4.69) is 10.6 Å². The largest absolute Gasteiger partial charge is 0.459 e. The zero-order valence-electron chi connectivity index (χ0n) is 13.2. The molecule has 0 saturated heterocycles. The van der Waals surface area contributed by atoms with Crippen LogP contribution in [0, 0.1) is 0 Å². The third-order valence-electron chi connectivity index (χ3n) is 4.18. The van der Waals surface area contributed by atoms with Crippen molar-refractivity contribution in [2.24, 2.45) is 0 Å². The SMILES string of the molecule is O=C(NC1CCC(O)CC1)c1ccc(NC(=O)c2ccco2)cc1. The highest BCUT2D eigenvalue weighted by Crippen LogP contribution is 2.19. The van der Waals surface area contributed by atoms with E-state index in [0.717, 1.165) is 25.7 Å². The molecule has 0 spiro atoms. The highest BCUT2D eigenvalue weighted by Gasteiger charge is 2.21. The summed E-state index contributed by atoms with van der Waals surface area (Å²) in [6.07, 6.45) is 4.24. The fourth-order valence-electron chi connectivity index (χ4n) is 2.79. The van der Waals surface area contributed by atoms with E-state index in [-0.39, 0.29) is 29.7 Å². The number of aliphatic hydroxyl groups is 1. The van der Waals surface area contributed by atoms with Gasteiger partial charge in [-0.05, 0) is 62.1 Å². The van der Waals surface area contributed by atoms with Gasteiger partial charge in [0.1, 0.15) is 0 Å². The summed E-state index contributed by atoms with van der Waals surface area (Å²) < 4.78 is 5.03. The molecule has 2 aromatic rings. The monoisotopic (exact) mass is 328 g/mol. The molecule has 0 unspecified atom stereocenters. The van der Waals surface area contributed by atoms with E-state index >= 15 is 0 Å². The molecule has 1 aromatic heterocycles. The molecule has 2 amide bonds. The van der Waals surface area contributed by atoms with Gasteiger partial charge in [0.2, 0.25) is 0 Å². The topological polar surface area (TPSA) is 91.6 Å². The van der Waals surface area contributed by atoms with E-state index in [1.807, 2.05) is 0 Å². The number of benzene rings is 1. The van der Waals surface area contributed by atoms with E-state index in [0.29, 0.717) is 11.3 Å². The van der Waals surface area contributed by atoms with Crippen LogP contribution >= 0.6 is 0 Å². The molecule has 1 fully saturated rings. The van der Waals surface area contributed by atoms with Crippen LogP contribution in [0.3, 0.4) is 0 Å². The van der Waals surface area contributed by atoms with Crippen molar-refractivity contribution in [2.45, 2.75) is 37.8 Å². The Hall–Kier alpha value is -2.60. The van der Waals surface area contributed by atoms with Crippen molar-refractivity contribution in [2.75, 3.05) is 5.32 Å². The molecule has 24 heavy (non-hydrogen) atoms. The fourth-order valence-corrected chi connectivity index (χ4v) is 2.79. The fraction of sp³-hybridized carbons (Fsp3) is 0.333. The van der Waals surface area contributed by atoms with Crippen molar-refractivity contribution >= 4 is 17.5 Å². The van der Waals surface area contributed by atoms with Crippen LogP contribution in [-0.2, 0) is 0 Å². The molecule has 3 N–H and O–H groups in total. The molecule has 1 aliphatic carbocycles. The van der Waals surface area contributed by atoms with Crippen molar-refractivity contribution in [1.82, 2.24) is 5.32 Å². The van der Waals surface area contributed by atoms with Crippen molar-refractivity contribution in [3.8, 4) is 0 Å². The number of aliphatic hydroxyl groups excluding tert-OH is 1. The van der Waals surface area contributed by atoms with E-state index in [4.69, 9.17) is 4.42 Å². The molecular weight excluding hydrogens is 308 g/mol. The molecule has 1 aliphatic rings. The number of hydrogen-bond acceptors (Lipinski definition) is 4. The van der Waals surface area contributed by atoms with E-state index < -0.39 is 0 Å². The summed E-state index contributed by atoms with van der Waals surface area (Å²) in [6.45, 7) is 0. The molecule has 1 aromatic carbocycles. The minimum Gasteiger partial charge on any atom is -0.459 e. The predicted molar refractivity (Wildman–Crippen MR) is 88.8 cm³/mol. The van der Waals surface area contributed by atoms with Crippen molar-refractivity contribution in [3.63, 3.8) is 0 Å². The van der Waals surface area contributed by atoms with Crippen LogP contribution in [0.5, 0.6) is 0 Å². The highest BCUT2D eigenvalue weighted by atomic mass is 16.3. The lowest BCUT2D eigenvalue weighted by Crippen LogP contribution is -2.38. The minimum atomic E-state index is -0.335. The molecular formula is C18H20N2O4. The smallest absolute Gasteiger partial charge is 0.291 e. The maximum absolute atomic E-state index is 12.2. The summed E-state index contributed by atoms with van der Waals surface area (Å²) in [6, 6.07) is 10.0. The van der Waals surface area contributed by atoms with Gasteiger partial charge in [-0.3, -0.25) is 9.59 Å². The van der Waals surface area contributed by atoms with Crippen LogP contribution in [0.4, 0.5) is 5.69 Å². The van der Waals surface area contributed by atoms with E-state index in [9.17, 15) is 14.7 Å². The number of carbonyl (C=O) groups excluding carboxylic acids is 2. The zero-order chi connectivity index (χ0) is 16.9. The van der Waals surface area contributed by atoms with Gasteiger partial charge in [0.15, 0.2) is 5.76 Å². The van der Waals surface area contributed by atoms with E-state index in [1.54, 1.807) is 36.4 Å². The van der Waals surface area contributed by atoms with Gasteiger partial charge in [-0.15, -0.1) is 0 Å². The van der Waals surface area contributed by atoms with Crippen molar-refractivity contribution < 1.29 is 19.1 Å². The van der Waals surface area contributed by atoms with Crippen LogP contribution in [0.2, 0.25) is 0 Å². The molecule has 1 saturated carbocycles. The summed E-state index contributed by atoms with van der Waals surface area (Å²) in [5, 5.41) is 15.2. The Morgan fingerprint density at radius 3 is 2.33 bits per heavy atom. The predicted octanol–water partition coefficient (Wildman–Crippen LogP) is 2.57. The molecule has 1 heterocycles. The first-order valence-electron chi connectivity index (χ1n) is 8.05. The molecule has 0 aliphatic heterocycles. The second-order valence-corrected chi connectivity index (χ2v) is 5.99. The van der Waals surface area contributed by atoms with Crippen LogP contribution in [-0.4, -0.2) is 29.1 Å². The molecule has 0 bridgehead atoms. The molecule has 0 atom stereocenters. The summed E-state index contributed by atoms with van der Waals surface area (Å²) in [7, 11) is 0. The molecule has 3 rings (SSSR count). The van der Waals surface area contributed by atoms with Crippen LogP contribution in [0.1, 0.15) is 46.6 Å². The Labute approximate surface area is 139 Å². The lowest BCUT2D eigenvalue weighted by molar-refractivity contribution is 0.0867. The van der Waals surface area contributed by atoms with Gasteiger partial charge in [-0.25, -0.2) is 0 Å². The third-order valence-corrected chi connectivity index (χ3v) is 4.18. The third kappa shape index (κ3) is 4.02. The molecule has 6 nitrogen and oxygen atoms in total. The number of furan rings is 1. The van der Waals surface area contributed by atoms with Crippen molar-refractivity contribution in [1.29, 1.82) is 0 Å². The van der Waals surface area contributed by atoms with Gasteiger partial charge >= 0.3 is 0 Å². The Kier molecular flexibility index (Phi) is 4.96. The van der Waals surface area contributed by atoms with Crippen LogP contribution < -0.4 is 10.6 Å². The Balaban J connectivity index is 1.55. The highest BCUT2D eigenvalue weighted by molar-refractivity contribution is 6.02. The van der Waals surface area contributed by atoms with Crippen LogP contribution in [0.15, 0.2) is 47.1 Å². The lowest BCUT2D eigenvalue weighted by Gasteiger charge is -2.26. The Morgan fingerprint density at radius 1 is 1.00 bits per heavy atom. The number of hydrogen-bond donors (Lipinski definition) is 3. The van der Waals surface area contributed by atoms with Gasteiger partial charge in [-0.1, -0.05) is 0 Å². The van der Waals surface area contributed by atoms with Crippen LogP contribution in [0.25, 0.3) is 0 Å². The Bertz CT molecular complexity index is 686. The number of carbonyl (C=O) groups is 2. The maximum Gasteiger partial charge on any atom is 0.291 e. The standard InChI is InChI=1S/C18H20N2O4/c21-15-9-7-14(8-10-15)19-17(22)12-3-5-13(6-4-12)20-18(23)16-2-1-11-24-16/h1-6,11,14-15,21H,7-10H2,(H,19,22)(H,20,23). The van der Waals surface area contributed by atoms with Gasteiger partial charge in [-0.2, -0.15) is 0 Å². The molecule has 6 heteroatoms. The second kappa shape index (κ2) is 7.31. The van der Waals surface area contributed by atoms with Gasteiger partial charge < -0.3 is 20.2 Å². The first-order valence-corrected chi connectivity index (χ1v) is 8.05. The summed E-state index contributed by atoms with van der Waals surface area (Å²) in [5.74, 6) is -0.241. The van der Waals surface area contributed by atoms with E-state index in [1.165, 1.54) is 6.26 Å². The molecule has 0 radical (unpaired) electrons. The zero-order valence-corrected chi connectivity index (χ0v) is 13.2. The number of nitrogens with one attached hydrogen (secondary N) is 2. The van der Waals surface area contributed by atoms with Gasteiger partial charge in [0, 0.05) is 17.3 Å². The first-order chi connectivity index (χ1) is 11.6. The van der Waals surface area contributed by atoms with Gasteiger partial charge in [0.25, 0.3) is 11.8 Å². The number of anilines is 1. The summed E-state index contributed by atoms with van der Waals surface area (Å²) >= 11 is 0.